The molecule has 0 saturated heterocycles. The van der Waals surface area contributed by atoms with Crippen molar-refractivity contribution in [1.29, 1.82) is 0 Å². The molecule has 0 atom stereocenters. The van der Waals surface area contributed by atoms with E-state index in [0.29, 0.717) is 0 Å². The van der Waals surface area contributed by atoms with E-state index >= 15 is 0 Å². The standard InChI is InChI=1S/C78H52N2/c1-3-32-59(33-4-1)79(73-48-22-26-53-24-7-9-38-63(53)73)61-36-20-30-57(51-61)77-69-44-15-11-40-65(69)75(66-41-12-16-45-70(66)77)55-28-19-29-56(50-55)76-67-42-13-17-46-71(67)78(72-47-18-14-43-68(72)76)58-31-21-37-62(52-58)80(60-34-5-2-6-35-60)74-49-23-27-54-25-8-10-39-64(54)74/h1-52H. The summed E-state index contributed by atoms with van der Waals surface area (Å²) in [4.78, 5) is 4.81. The SMILES string of the molecule is c1ccc(N(c2cccc(-c3c4ccccc4c(-c4cccc(-c5c6ccccc6c(-c6cccc(N(c7ccccc7)c7cccc8ccccc78)c6)c6ccccc56)c4)c4ccccc34)c2)c2cccc3ccccc23)cc1. The normalized spacial score (nSPS) is 11.5. The second kappa shape index (κ2) is 19.8. The second-order valence-electron chi connectivity index (χ2n) is 20.7. The van der Waals surface area contributed by atoms with E-state index in [0.717, 1.165) is 34.1 Å². The monoisotopic (exact) mass is 1020 g/mol. The molecular formula is C78H52N2. The molecule has 0 bridgehead atoms. The van der Waals surface area contributed by atoms with Crippen LogP contribution in [0.5, 0.6) is 0 Å². The van der Waals surface area contributed by atoms with Gasteiger partial charge in [-0.15, -0.1) is 0 Å². The van der Waals surface area contributed by atoms with Crippen molar-refractivity contribution in [2.45, 2.75) is 0 Å². The predicted molar refractivity (Wildman–Crippen MR) is 343 cm³/mol. The molecule has 0 amide bonds. The minimum atomic E-state index is 1.10. The molecule has 0 spiro atoms. The van der Waals surface area contributed by atoms with E-state index < -0.39 is 0 Å². The molecule has 0 aliphatic heterocycles. The zero-order valence-electron chi connectivity index (χ0n) is 43.9. The maximum Gasteiger partial charge on any atom is 0.0540 e. The molecule has 2 heteroatoms. The highest BCUT2D eigenvalue weighted by atomic mass is 15.1. The third kappa shape index (κ3) is 7.96. The van der Waals surface area contributed by atoms with E-state index in [1.165, 1.54) is 109 Å². The first kappa shape index (κ1) is 46.7. The maximum atomic E-state index is 2.44. The zero-order chi connectivity index (χ0) is 52.9. The Kier molecular flexibility index (Phi) is 11.6. The summed E-state index contributed by atoms with van der Waals surface area (Å²) in [6.07, 6.45) is 0. The molecule has 0 saturated carbocycles. The van der Waals surface area contributed by atoms with Crippen LogP contribution >= 0.6 is 0 Å². The number of anilines is 6. The van der Waals surface area contributed by atoms with Gasteiger partial charge in [-0.3, -0.25) is 0 Å². The topological polar surface area (TPSA) is 6.48 Å². The van der Waals surface area contributed by atoms with Crippen LogP contribution in [0, 0.1) is 0 Å². The van der Waals surface area contributed by atoms with Gasteiger partial charge in [0.05, 0.1) is 11.4 Å². The highest BCUT2D eigenvalue weighted by Gasteiger charge is 2.23. The van der Waals surface area contributed by atoms with Crippen molar-refractivity contribution in [3.05, 3.63) is 315 Å². The summed E-state index contributed by atoms with van der Waals surface area (Å²) in [7, 11) is 0. The Labute approximate surface area is 465 Å². The number of para-hydroxylation sites is 2. The lowest BCUT2D eigenvalue weighted by atomic mass is 9.83. The van der Waals surface area contributed by atoms with Gasteiger partial charge in [0.25, 0.3) is 0 Å². The number of nitrogens with zero attached hydrogens (tertiary/aromatic N) is 2. The van der Waals surface area contributed by atoms with E-state index in [4.69, 9.17) is 0 Å². The molecule has 15 aromatic rings. The van der Waals surface area contributed by atoms with Crippen molar-refractivity contribution < 1.29 is 0 Å². The first-order valence-corrected chi connectivity index (χ1v) is 27.6. The van der Waals surface area contributed by atoms with Crippen molar-refractivity contribution in [3.63, 3.8) is 0 Å². The molecule has 80 heavy (non-hydrogen) atoms. The number of hydrogen-bond donors (Lipinski definition) is 0. The number of fused-ring (bicyclic) bond motifs is 6. The molecule has 0 aromatic heterocycles. The van der Waals surface area contributed by atoms with Crippen LogP contribution in [0.15, 0.2) is 315 Å². The Balaban J connectivity index is 0.887. The molecule has 0 radical (unpaired) electrons. The fourth-order valence-corrected chi connectivity index (χ4v) is 12.7. The van der Waals surface area contributed by atoms with E-state index in [2.05, 4.69) is 325 Å². The maximum absolute atomic E-state index is 2.44. The molecule has 0 N–H and O–H groups in total. The van der Waals surface area contributed by atoms with Gasteiger partial charge in [-0.05, 0) is 165 Å². The van der Waals surface area contributed by atoms with E-state index in [9.17, 15) is 0 Å². The van der Waals surface area contributed by atoms with Gasteiger partial charge in [-0.1, -0.05) is 249 Å². The van der Waals surface area contributed by atoms with Crippen LogP contribution in [0.4, 0.5) is 34.1 Å². The molecule has 0 heterocycles. The fourth-order valence-electron chi connectivity index (χ4n) is 12.7. The fraction of sp³-hybridized carbons (Fsp3) is 0. The molecule has 374 valence electrons. The molecule has 15 rings (SSSR count). The van der Waals surface area contributed by atoms with Crippen molar-refractivity contribution in [3.8, 4) is 44.5 Å². The lowest BCUT2D eigenvalue weighted by Gasteiger charge is -2.27. The van der Waals surface area contributed by atoms with Gasteiger partial charge in [-0.25, -0.2) is 0 Å². The molecule has 15 aromatic carbocycles. The summed E-state index contributed by atoms with van der Waals surface area (Å²) >= 11 is 0. The molecule has 0 aliphatic carbocycles. The largest absolute Gasteiger partial charge is 0.310 e. The van der Waals surface area contributed by atoms with Crippen LogP contribution in [0.1, 0.15) is 0 Å². The van der Waals surface area contributed by atoms with Gasteiger partial charge in [0, 0.05) is 33.5 Å². The Morgan fingerprint density at radius 2 is 0.400 bits per heavy atom. The molecule has 0 aliphatic rings. The highest BCUT2D eigenvalue weighted by molar-refractivity contribution is 6.24. The Hall–Kier alpha value is -10.5. The van der Waals surface area contributed by atoms with Crippen molar-refractivity contribution >= 4 is 98.8 Å². The highest BCUT2D eigenvalue weighted by Crippen LogP contribution is 2.50. The van der Waals surface area contributed by atoms with Crippen LogP contribution in [-0.2, 0) is 0 Å². The molecule has 2 nitrogen and oxygen atoms in total. The van der Waals surface area contributed by atoms with Crippen LogP contribution in [-0.4, -0.2) is 0 Å². The van der Waals surface area contributed by atoms with E-state index in [-0.39, 0.29) is 0 Å². The van der Waals surface area contributed by atoms with E-state index in [1.807, 2.05) is 0 Å². The van der Waals surface area contributed by atoms with Gasteiger partial charge in [0.1, 0.15) is 0 Å². The van der Waals surface area contributed by atoms with Gasteiger partial charge >= 0.3 is 0 Å². The molecule has 0 unspecified atom stereocenters. The van der Waals surface area contributed by atoms with Crippen molar-refractivity contribution in [2.24, 2.45) is 0 Å². The first-order chi connectivity index (χ1) is 39.7. The van der Waals surface area contributed by atoms with E-state index in [1.54, 1.807) is 0 Å². The van der Waals surface area contributed by atoms with Gasteiger partial charge in [0.15, 0.2) is 0 Å². The summed E-state index contributed by atoms with van der Waals surface area (Å²) in [6, 6.07) is 116. The van der Waals surface area contributed by atoms with Gasteiger partial charge < -0.3 is 9.80 Å². The average molecular weight is 1020 g/mol. The number of benzene rings is 15. The van der Waals surface area contributed by atoms with Gasteiger partial charge in [0.2, 0.25) is 0 Å². The summed E-state index contributed by atoms with van der Waals surface area (Å²) in [5.74, 6) is 0. The summed E-state index contributed by atoms with van der Waals surface area (Å²) < 4.78 is 0. The summed E-state index contributed by atoms with van der Waals surface area (Å²) in [6.45, 7) is 0. The third-order valence-electron chi connectivity index (χ3n) is 16.1. The molecule has 0 fully saturated rings. The zero-order valence-corrected chi connectivity index (χ0v) is 43.9. The third-order valence-corrected chi connectivity index (χ3v) is 16.1. The van der Waals surface area contributed by atoms with Crippen molar-refractivity contribution in [1.82, 2.24) is 0 Å². The van der Waals surface area contributed by atoms with Crippen LogP contribution in [0.25, 0.3) is 109 Å². The minimum Gasteiger partial charge on any atom is -0.310 e. The van der Waals surface area contributed by atoms with Crippen LogP contribution in [0.2, 0.25) is 0 Å². The number of rotatable bonds is 10. The summed E-state index contributed by atoms with van der Waals surface area (Å²) in [5.41, 5.74) is 16.3. The predicted octanol–water partition coefficient (Wildman–Crippen LogP) is 22.2. The lowest BCUT2D eigenvalue weighted by Crippen LogP contribution is -2.10. The second-order valence-corrected chi connectivity index (χ2v) is 20.7. The average Bonchev–Trinajstić information content (AvgIpc) is 3.54. The minimum absolute atomic E-state index is 1.10. The smallest absolute Gasteiger partial charge is 0.0540 e. The first-order valence-electron chi connectivity index (χ1n) is 27.6. The Bertz CT molecular complexity index is 4420. The Morgan fingerprint density at radius 3 is 0.738 bits per heavy atom. The van der Waals surface area contributed by atoms with Crippen LogP contribution in [0.3, 0.4) is 0 Å². The quantitative estimate of drug-likeness (QED) is 0.126. The molecular weight excluding hydrogens is 965 g/mol. The number of hydrogen-bond acceptors (Lipinski definition) is 2. The summed E-state index contributed by atoms with van der Waals surface area (Å²) in [5, 5.41) is 14.6. The van der Waals surface area contributed by atoms with Crippen molar-refractivity contribution in [2.75, 3.05) is 9.80 Å². The van der Waals surface area contributed by atoms with Crippen LogP contribution < -0.4 is 9.80 Å². The Morgan fingerprint density at radius 1 is 0.163 bits per heavy atom. The lowest BCUT2D eigenvalue weighted by molar-refractivity contribution is 1.30. The van der Waals surface area contributed by atoms with Gasteiger partial charge in [-0.2, -0.15) is 0 Å².